The maximum Gasteiger partial charge on any atom is 0.409 e. The second kappa shape index (κ2) is 10.2. The smallest absolute Gasteiger partial charge is 0.409 e. The molecule has 1 fully saturated rings. The van der Waals surface area contributed by atoms with Gasteiger partial charge in [-0.2, -0.15) is 0 Å². The van der Waals surface area contributed by atoms with E-state index >= 15 is 0 Å². The lowest BCUT2D eigenvalue weighted by molar-refractivity contribution is 0.0392. The lowest BCUT2D eigenvalue weighted by Gasteiger charge is -2.39. The number of carbonyl (C=O) groups excluding carboxylic acids is 2. The summed E-state index contributed by atoms with van der Waals surface area (Å²) in [6.07, 6.45) is 3.58. The van der Waals surface area contributed by atoms with Crippen LogP contribution >= 0.6 is 11.6 Å². The number of fused-ring (bicyclic) bond motifs is 2. The molecule has 9 heteroatoms. The summed E-state index contributed by atoms with van der Waals surface area (Å²) in [6, 6.07) is 5.44. The van der Waals surface area contributed by atoms with Crippen LogP contribution in [0.3, 0.4) is 0 Å². The molecule has 1 aromatic carbocycles. The van der Waals surface area contributed by atoms with E-state index in [0.717, 1.165) is 53.8 Å². The third-order valence-corrected chi connectivity index (χ3v) is 7.01. The number of nitrogens with zero attached hydrogens (tertiary/aromatic N) is 3. The Hall–Kier alpha value is -2.42. The quantitative estimate of drug-likeness (QED) is 0.689. The Morgan fingerprint density at radius 1 is 1.30 bits per heavy atom. The van der Waals surface area contributed by atoms with E-state index in [1.807, 2.05) is 13.0 Å². The number of aromatic nitrogens is 1. The summed E-state index contributed by atoms with van der Waals surface area (Å²) in [6.45, 7) is 3.95. The Bertz CT molecular complexity index is 1050. The van der Waals surface area contributed by atoms with E-state index in [9.17, 15) is 9.59 Å². The Morgan fingerprint density at radius 3 is 2.85 bits per heavy atom. The molecular weight excluding hydrogens is 442 g/mol. The lowest BCUT2D eigenvalue weighted by Crippen LogP contribution is -2.60. The predicted octanol–water partition coefficient (Wildman–Crippen LogP) is 2.93. The molecule has 1 unspecified atom stereocenters. The molecule has 1 aliphatic carbocycles. The van der Waals surface area contributed by atoms with Gasteiger partial charge in [0.2, 0.25) is 0 Å². The first-order valence-corrected chi connectivity index (χ1v) is 12.1. The van der Waals surface area contributed by atoms with Crippen molar-refractivity contribution in [3.8, 4) is 0 Å². The molecule has 1 aliphatic heterocycles. The summed E-state index contributed by atoms with van der Waals surface area (Å²) in [5.74, 6) is 0.342. The molecule has 2 amide bonds. The van der Waals surface area contributed by atoms with E-state index < -0.39 is 6.17 Å². The third-order valence-electron chi connectivity index (χ3n) is 6.58. The summed E-state index contributed by atoms with van der Waals surface area (Å²) in [4.78, 5) is 33.4. The number of carbonyl (C=O) groups is 2. The van der Waals surface area contributed by atoms with Crippen LogP contribution in [0.2, 0.25) is 5.02 Å². The molecule has 8 nitrogen and oxygen atoms in total. The highest BCUT2D eigenvalue weighted by Crippen LogP contribution is 2.35. The monoisotopic (exact) mass is 473 g/mol. The van der Waals surface area contributed by atoms with Crippen LogP contribution in [0.5, 0.6) is 0 Å². The van der Waals surface area contributed by atoms with Crippen LogP contribution in [-0.2, 0) is 17.6 Å². The van der Waals surface area contributed by atoms with Gasteiger partial charge in [-0.3, -0.25) is 9.78 Å². The SMILES string of the molecule is CCCOC(=O)N1CCN(C(=O)c2ccc3c(Cl)c4c(nc3c2)CC(CCN)CC4)[C@H](N)C1. The summed E-state index contributed by atoms with van der Waals surface area (Å²) >= 11 is 6.74. The third kappa shape index (κ3) is 4.93. The van der Waals surface area contributed by atoms with Crippen molar-refractivity contribution in [3.63, 3.8) is 0 Å². The van der Waals surface area contributed by atoms with Crippen LogP contribution in [0.25, 0.3) is 10.9 Å². The van der Waals surface area contributed by atoms with E-state index in [-0.39, 0.29) is 18.5 Å². The van der Waals surface area contributed by atoms with Gasteiger partial charge in [0.05, 0.1) is 29.9 Å². The van der Waals surface area contributed by atoms with Gasteiger partial charge in [-0.1, -0.05) is 24.6 Å². The standard InChI is InChI=1S/C24H32ClN5O3/c1-2-11-33-24(32)29-9-10-30(21(27)14-29)23(31)16-4-6-18-20(13-16)28-19-12-15(7-8-26)3-5-17(19)22(18)25/h4,6,13,15,21H,2-3,5,7-12,14,26-27H2,1H3/t15?,21-/m0/s1. The van der Waals surface area contributed by atoms with Gasteiger partial charge in [0, 0.05) is 29.7 Å². The molecular formula is C24H32ClN5O3. The van der Waals surface area contributed by atoms with Crippen molar-refractivity contribution in [2.45, 2.75) is 45.2 Å². The Morgan fingerprint density at radius 2 is 2.12 bits per heavy atom. The number of nitrogens with two attached hydrogens (primary N) is 2. The van der Waals surface area contributed by atoms with Crippen molar-refractivity contribution >= 4 is 34.5 Å². The summed E-state index contributed by atoms with van der Waals surface area (Å²) in [5, 5.41) is 1.59. The normalized spacial score (nSPS) is 20.6. The van der Waals surface area contributed by atoms with Gasteiger partial charge >= 0.3 is 6.09 Å². The molecule has 2 aliphatic rings. The van der Waals surface area contributed by atoms with Gasteiger partial charge in [0.25, 0.3) is 5.91 Å². The maximum absolute atomic E-state index is 13.2. The number of pyridine rings is 1. The lowest BCUT2D eigenvalue weighted by atomic mass is 9.84. The van der Waals surface area contributed by atoms with Crippen LogP contribution < -0.4 is 11.5 Å². The molecule has 0 spiro atoms. The second-order valence-corrected chi connectivity index (χ2v) is 9.27. The Balaban J connectivity index is 1.53. The van der Waals surface area contributed by atoms with Crippen molar-refractivity contribution in [3.05, 3.63) is 40.0 Å². The molecule has 178 valence electrons. The fourth-order valence-corrected chi connectivity index (χ4v) is 5.11. The summed E-state index contributed by atoms with van der Waals surface area (Å²) < 4.78 is 5.19. The highest BCUT2D eigenvalue weighted by atomic mass is 35.5. The first kappa shape index (κ1) is 23.7. The van der Waals surface area contributed by atoms with Crippen molar-refractivity contribution in [1.29, 1.82) is 0 Å². The molecule has 0 radical (unpaired) electrons. The topological polar surface area (TPSA) is 115 Å². The molecule has 0 bridgehead atoms. The van der Waals surface area contributed by atoms with Gasteiger partial charge in [0.15, 0.2) is 0 Å². The number of halogens is 1. The number of ether oxygens (including phenoxy) is 1. The number of benzene rings is 1. The van der Waals surface area contributed by atoms with E-state index in [4.69, 9.17) is 32.8 Å². The summed E-state index contributed by atoms with van der Waals surface area (Å²) in [7, 11) is 0. The molecule has 2 atom stereocenters. The minimum Gasteiger partial charge on any atom is -0.449 e. The van der Waals surface area contributed by atoms with Gasteiger partial charge in [-0.05, 0) is 62.3 Å². The van der Waals surface area contributed by atoms with Crippen LogP contribution in [-0.4, -0.2) is 65.7 Å². The summed E-state index contributed by atoms with van der Waals surface area (Å²) in [5.41, 5.74) is 15.4. The zero-order valence-corrected chi connectivity index (χ0v) is 19.8. The van der Waals surface area contributed by atoms with E-state index in [1.165, 1.54) is 0 Å². The Labute approximate surface area is 199 Å². The Kier molecular flexibility index (Phi) is 7.36. The van der Waals surface area contributed by atoms with Gasteiger partial charge < -0.3 is 26.0 Å². The van der Waals surface area contributed by atoms with E-state index in [0.29, 0.717) is 43.2 Å². The largest absolute Gasteiger partial charge is 0.449 e. The molecule has 1 saturated heterocycles. The predicted molar refractivity (Wildman–Crippen MR) is 128 cm³/mol. The van der Waals surface area contributed by atoms with Crippen LogP contribution in [0.1, 0.15) is 47.8 Å². The average molecular weight is 474 g/mol. The molecule has 2 aromatic rings. The first-order chi connectivity index (χ1) is 15.9. The van der Waals surface area contributed by atoms with Gasteiger partial charge in [-0.15, -0.1) is 0 Å². The average Bonchev–Trinajstić information content (AvgIpc) is 2.82. The number of piperazine rings is 1. The minimum atomic E-state index is -0.603. The molecule has 0 saturated carbocycles. The molecule has 1 aromatic heterocycles. The highest BCUT2D eigenvalue weighted by molar-refractivity contribution is 6.36. The van der Waals surface area contributed by atoms with Gasteiger partial charge in [0.1, 0.15) is 0 Å². The van der Waals surface area contributed by atoms with Crippen molar-refractivity contribution < 1.29 is 14.3 Å². The van der Waals surface area contributed by atoms with Crippen LogP contribution in [0.4, 0.5) is 4.79 Å². The number of hydrogen-bond acceptors (Lipinski definition) is 6. The minimum absolute atomic E-state index is 0.178. The van der Waals surface area contributed by atoms with Crippen LogP contribution in [0, 0.1) is 5.92 Å². The van der Waals surface area contributed by atoms with Crippen molar-refractivity contribution in [1.82, 2.24) is 14.8 Å². The molecule has 4 N–H and O–H groups in total. The van der Waals surface area contributed by atoms with Crippen molar-refractivity contribution in [2.75, 3.05) is 32.8 Å². The zero-order valence-electron chi connectivity index (χ0n) is 19.1. The van der Waals surface area contributed by atoms with E-state index in [2.05, 4.69) is 0 Å². The maximum atomic E-state index is 13.2. The first-order valence-electron chi connectivity index (χ1n) is 11.7. The van der Waals surface area contributed by atoms with Gasteiger partial charge in [-0.25, -0.2) is 4.79 Å². The number of amides is 2. The van der Waals surface area contributed by atoms with E-state index in [1.54, 1.807) is 21.9 Å². The number of rotatable bonds is 5. The fourth-order valence-electron chi connectivity index (χ4n) is 4.75. The molecule has 2 heterocycles. The molecule has 4 rings (SSSR count). The highest BCUT2D eigenvalue weighted by Gasteiger charge is 2.32. The van der Waals surface area contributed by atoms with Crippen LogP contribution in [0.15, 0.2) is 18.2 Å². The molecule has 33 heavy (non-hydrogen) atoms. The second-order valence-electron chi connectivity index (χ2n) is 8.90. The number of hydrogen-bond donors (Lipinski definition) is 2. The zero-order chi connectivity index (χ0) is 23.5. The van der Waals surface area contributed by atoms with Crippen molar-refractivity contribution in [2.24, 2.45) is 17.4 Å². The fraction of sp³-hybridized carbons (Fsp3) is 0.542.